The number of aryl methyl sites for hydroxylation is 1. The van der Waals surface area contributed by atoms with Crippen molar-refractivity contribution in [2.45, 2.75) is 45.3 Å². The SMILES string of the molecule is Cc1nonc1CN(C)Cc1cc(-c2ccc3c(c2)OCO3)ccc1OCC(=O)N1CCCC[C@H]1c1cccnc1. The Bertz CT molecular complexity index is 1510. The second-order valence-corrected chi connectivity index (χ2v) is 10.5. The summed E-state index contributed by atoms with van der Waals surface area (Å²) < 4.78 is 22.2. The van der Waals surface area contributed by atoms with Crippen LogP contribution in [0.15, 0.2) is 65.6 Å². The van der Waals surface area contributed by atoms with Gasteiger partial charge in [0.15, 0.2) is 18.1 Å². The summed E-state index contributed by atoms with van der Waals surface area (Å²) in [4.78, 5) is 21.8. The largest absolute Gasteiger partial charge is 0.483 e. The summed E-state index contributed by atoms with van der Waals surface area (Å²) in [7, 11) is 2.00. The highest BCUT2D eigenvalue weighted by atomic mass is 16.7. The molecule has 0 N–H and O–H groups in total. The third kappa shape index (κ3) is 6.02. The number of hydrogen-bond donors (Lipinski definition) is 0. The number of fused-ring (bicyclic) bond motifs is 1. The molecule has 4 heterocycles. The van der Waals surface area contributed by atoms with E-state index >= 15 is 0 Å². The zero-order valence-corrected chi connectivity index (χ0v) is 23.3. The Morgan fingerprint density at radius 1 is 1.05 bits per heavy atom. The van der Waals surface area contributed by atoms with Crippen LogP contribution in [0.1, 0.15) is 47.8 Å². The van der Waals surface area contributed by atoms with Gasteiger partial charge in [-0.15, -0.1) is 0 Å². The normalized spacial score (nSPS) is 16.3. The van der Waals surface area contributed by atoms with Crippen LogP contribution in [0.25, 0.3) is 11.1 Å². The van der Waals surface area contributed by atoms with Crippen molar-refractivity contribution >= 4 is 5.91 Å². The average molecular weight is 556 g/mol. The Morgan fingerprint density at radius 2 is 1.90 bits per heavy atom. The molecule has 0 spiro atoms. The van der Waals surface area contributed by atoms with Crippen LogP contribution < -0.4 is 14.2 Å². The number of benzene rings is 2. The summed E-state index contributed by atoms with van der Waals surface area (Å²) in [6, 6.07) is 15.9. The van der Waals surface area contributed by atoms with Crippen LogP contribution in [-0.4, -0.2) is 58.0 Å². The van der Waals surface area contributed by atoms with Gasteiger partial charge in [-0.3, -0.25) is 14.7 Å². The molecule has 0 aliphatic carbocycles. The maximum Gasteiger partial charge on any atom is 0.261 e. The van der Waals surface area contributed by atoms with Gasteiger partial charge in [-0.1, -0.05) is 28.5 Å². The first kappa shape index (κ1) is 26.8. The van der Waals surface area contributed by atoms with E-state index in [1.54, 1.807) is 6.20 Å². The smallest absolute Gasteiger partial charge is 0.261 e. The Hall–Kier alpha value is -4.44. The molecule has 0 radical (unpaired) electrons. The number of aromatic nitrogens is 3. The van der Waals surface area contributed by atoms with E-state index in [0.29, 0.717) is 25.4 Å². The number of rotatable bonds is 9. The monoisotopic (exact) mass is 555 g/mol. The molecule has 0 bridgehead atoms. The van der Waals surface area contributed by atoms with Gasteiger partial charge in [-0.05, 0) is 80.3 Å². The molecule has 41 heavy (non-hydrogen) atoms. The summed E-state index contributed by atoms with van der Waals surface area (Å²) in [5.74, 6) is 2.11. The van der Waals surface area contributed by atoms with E-state index in [1.165, 1.54) is 0 Å². The summed E-state index contributed by atoms with van der Waals surface area (Å²) >= 11 is 0. The highest BCUT2D eigenvalue weighted by molar-refractivity contribution is 5.78. The topological polar surface area (TPSA) is 103 Å². The summed E-state index contributed by atoms with van der Waals surface area (Å²) in [6.45, 7) is 3.90. The van der Waals surface area contributed by atoms with Crippen molar-refractivity contribution in [1.82, 2.24) is 25.1 Å². The molecule has 1 atom stereocenters. The molecule has 0 unspecified atom stereocenters. The number of carbonyl (C=O) groups excluding carboxylic acids is 1. The van der Waals surface area contributed by atoms with E-state index in [2.05, 4.69) is 26.3 Å². The number of ether oxygens (including phenoxy) is 3. The second kappa shape index (κ2) is 12.0. The molecule has 10 heteroatoms. The van der Waals surface area contributed by atoms with Crippen molar-refractivity contribution in [3.8, 4) is 28.4 Å². The van der Waals surface area contributed by atoms with E-state index in [-0.39, 0.29) is 25.3 Å². The third-order valence-electron chi connectivity index (χ3n) is 7.62. The zero-order valence-electron chi connectivity index (χ0n) is 23.3. The number of amides is 1. The van der Waals surface area contributed by atoms with E-state index in [1.807, 2.05) is 67.5 Å². The Balaban J connectivity index is 1.22. The molecule has 1 saturated heterocycles. The van der Waals surface area contributed by atoms with Crippen LogP contribution in [0.3, 0.4) is 0 Å². The first-order chi connectivity index (χ1) is 20.0. The van der Waals surface area contributed by atoms with Crippen molar-refractivity contribution < 1.29 is 23.6 Å². The van der Waals surface area contributed by atoms with Crippen LogP contribution in [0.2, 0.25) is 0 Å². The maximum absolute atomic E-state index is 13.5. The van der Waals surface area contributed by atoms with E-state index in [0.717, 1.165) is 64.4 Å². The predicted molar refractivity (Wildman–Crippen MR) is 150 cm³/mol. The summed E-state index contributed by atoms with van der Waals surface area (Å²) in [6.07, 6.45) is 6.61. The van der Waals surface area contributed by atoms with Gasteiger partial charge in [0.25, 0.3) is 5.91 Å². The van der Waals surface area contributed by atoms with Gasteiger partial charge >= 0.3 is 0 Å². The molecule has 212 valence electrons. The fourth-order valence-electron chi connectivity index (χ4n) is 5.47. The van der Waals surface area contributed by atoms with Crippen LogP contribution >= 0.6 is 0 Å². The molecule has 2 aromatic carbocycles. The van der Waals surface area contributed by atoms with Gasteiger partial charge in [0, 0.05) is 37.6 Å². The lowest BCUT2D eigenvalue weighted by molar-refractivity contribution is -0.137. The summed E-state index contributed by atoms with van der Waals surface area (Å²) in [5.41, 5.74) is 5.57. The summed E-state index contributed by atoms with van der Waals surface area (Å²) in [5, 5.41) is 7.91. The Kier molecular flexibility index (Phi) is 7.82. The van der Waals surface area contributed by atoms with E-state index in [4.69, 9.17) is 18.8 Å². The average Bonchev–Trinajstić information content (AvgIpc) is 3.64. The van der Waals surface area contributed by atoms with Crippen LogP contribution in [0.5, 0.6) is 17.2 Å². The lowest BCUT2D eigenvalue weighted by Crippen LogP contribution is -2.41. The highest BCUT2D eigenvalue weighted by Gasteiger charge is 2.28. The van der Waals surface area contributed by atoms with Crippen molar-refractivity contribution in [1.29, 1.82) is 0 Å². The van der Waals surface area contributed by atoms with Gasteiger partial charge in [0.05, 0.1) is 6.04 Å². The van der Waals surface area contributed by atoms with Gasteiger partial charge in [-0.25, -0.2) is 4.63 Å². The first-order valence-corrected chi connectivity index (χ1v) is 13.9. The molecule has 2 aliphatic rings. The third-order valence-corrected chi connectivity index (χ3v) is 7.62. The van der Waals surface area contributed by atoms with Crippen LogP contribution in [-0.2, 0) is 17.9 Å². The molecule has 10 nitrogen and oxygen atoms in total. The molecule has 2 aliphatic heterocycles. The molecule has 1 amide bonds. The number of piperidine rings is 1. The quantitative estimate of drug-likeness (QED) is 0.284. The van der Waals surface area contributed by atoms with Crippen molar-refractivity contribution in [2.75, 3.05) is 27.0 Å². The highest BCUT2D eigenvalue weighted by Crippen LogP contribution is 2.37. The molecule has 2 aromatic heterocycles. The van der Waals surface area contributed by atoms with E-state index < -0.39 is 0 Å². The van der Waals surface area contributed by atoms with Gasteiger partial charge in [0.1, 0.15) is 17.1 Å². The van der Waals surface area contributed by atoms with Crippen molar-refractivity contribution in [3.63, 3.8) is 0 Å². The maximum atomic E-state index is 13.5. The molecule has 4 aromatic rings. The lowest BCUT2D eigenvalue weighted by atomic mass is 9.96. The van der Waals surface area contributed by atoms with Crippen molar-refractivity contribution in [3.05, 3.63) is 83.4 Å². The Morgan fingerprint density at radius 3 is 2.73 bits per heavy atom. The fourth-order valence-corrected chi connectivity index (χ4v) is 5.47. The van der Waals surface area contributed by atoms with Gasteiger partial charge in [0.2, 0.25) is 6.79 Å². The number of pyridine rings is 1. The van der Waals surface area contributed by atoms with Gasteiger partial charge < -0.3 is 19.1 Å². The lowest BCUT2D eigenvalue weighted by Gasteiger charge is -2.36. The number of nitrogens with zero attached hydrogens (tertiary/aromatic N) is 5. The molecule has 1 fully saturated rings. The standard InChI is InChI=1S/C31H33N5O5/c1-21-26(34-41-33-21)18-35(2)17-25-14-22(23-9-11-29-30(15-23)40-20-39-29)8-10-28(25)38-19-31(37)36-13-4-3-7-27(36)24-6-5-12-32-16-24/h5-6,8-12,14-16,27H,3-4,7,13,17-20H2,1-2H3/t27-/m0/s1. The Labute approximate surface area is 238 Å². The minimum absolute atomic E-state index is 0.0202. The van der Waals surface area contributed by atoms with E-state index in [9.17, 15) is 4.79 Å². The predicted octanol–water partition coefficient (Wildman–Crippen LogP) is 4.93. The molecular weight excluding hydrogens is 522 g/mol. The molecule has 6 rings (SSSR count). The van der Waals surface area contributed by atoms with Crippen molar-refractivity contribution in [2.24, 2.45) is 0 Å². The first-order valence-electron chi connectivity index (χ1n) is 13.9. The minimum atomic E-state index is -0.0385. The van der Waals surface area contributed by atoms with Gasteiger partial charge in [-0.2, -0.15) is 0 Å². The number of hydrogen-bond acceptors (Lipinski definition) is 9. The second-order valence-electron chi connectivity index (χ2n) is 10.5. The van der Waals surface area contributed by atoms with Crippen LogP contribution in [0.4, 0.5) is 0 Å². The molecule has 0 saturated carbocycles. The number of likely N-dealkylation sites (tertiary alicyclic amines) is 1. The fraction of sp³-hybridized carbons (Fsp3) is 0.355. The number of carbonyl (C=O) groups is 1. The molecular formula is C31H33N5O5. The zero-order chi connectivity index (χ0) is 28.2. The van der Waals surface area contributed by atoms with Crippen LogP contribution in [0, 0.1) is 6.92 Å². The minimum Gasteiger partial charge on any atom is -0.483 e.